The summed E-state index contributed by atoms with van der Waals surface area (Å²) in [5.74, 6) is 0.572. The third kappa shape index (κ3) is 3.92. The van der Waals surface area contributed by atoms with Gasteiger partial charge in [-0.1, -0.05) is 97.1 Å². The first kappa shape index (κ1) is 24.6. The molecule has 0 atom stereocenters. The first-order chi connectivity index (χ1) is 21.8. The fourth-order valence-corrected chi connectivity index (χ4v) is 6.37. The first-order valence-electron chi connectivity index (χ1n) is 14.7. The van der Waals surface area contributed by atoms with E-state index in [9.17, 15) is 0 Å². The Labute approximate surface area is 253 Å². The minimum absolute atomic E-state index is 0.572. The van der Waals surface area contributed by atoms with Crippen molar-refractivity contribution in [3.8, 4) is 39.4 Å². The lowest BCUT2D eigenvalue weighted by atomic mass is 9.98. The number of fused-ring (bicyclic) bond motifs is 6. The van der Waals surface area contributed by atoms with Crippen LogP contribution in [0.25, 0.3) is 83.2 Å². The first-order valence-corrected chi connectivity index (χ1v) is 14.7. The average molecular weight is 564 g/mol. The minimum atomic E-state index is 0.572. The Balaban J connectivity index is 1.28. The maximum Gasteiger partial charge on any atom is 0.227 e. The van der Waals surface area contributed by atoms with Gasteiger partial charge in [0.15, 0.2) is 5.58 Å². The molecule has 0 radical (unpaired) electrons. The third-order valence-electron chi connectivity index (χ3n) is 8.46. The van der Waals surface area contributed by atoms with Gasteiger partial charge >= 0.3 is 0 Å². The normalized spacial score (nSPS) is 11.6. The lowest BCUT2D eigenvalue weighted by Crippen LogP contribution is -1.96. The van der Waals surface area contributed by atoms with Crippen LogP contribution in [-0.4, -0.2) is 14.5 Å². The molecule has 0 N–H and O–H groups in total. The molecule has 0 aliphatic heterocycles. The highest BCUT2D eigenvalue weighted by molar-refractivity contribution is 6.09. The summed E-state index contributed by atoms with van der Waals surface area (Å²) in [5, 5.41) is 3.49. The molecule has 206 valence electrons. The molecule has 9 rings (SSSR count). The molecule has 0 fully saturated rings. The maximum atomic E-state index is 6.42. The van der Waals surface area contributed by atoms with E-state index in [1.807, 2.05) is 24.3 Å². The smallest absolute Gasteiger partial charge is 0.227 e. The number of para-hydroxylation sites is 2. The number of hydrogen-bond donors (Lipinski definition) is 0. The second-order valence-electron chi connectivity index (χ2n) is 11.1. The fourth-order valence-electron chi connectivity index (χ4n) is 6.37. The second kappa shape index (κ2) is 9.79. The summed E-state index contributed by atoms with van der Waals surface area (Å²) in [6, 6.07) is 51.1. The number of aromatic nitrogens is 3. The predicted molar refractivity (Wildman–Crippen MR) is 180 cm³/mol. The van der Waals surface area contributed by atoms with Gasteiger partial charge in [0.25, 0.3) is 0 Å². The third-order valence-corrected chi connectivity index (χ3v) is 8.46. The molecular weight excluding hydrogens is 538 g/mol. The molecule has 0 spiro atoms. The number of benzene rings is 6. The van der Waals surface area contributed by atoms with Crippen LogP contribution >= 0.6 is 0 Å². The van der Waals surface area contributed by atoms with Crippen LogP contribution in [0.5, 0.6) is 0 Å². The molecule has 0 amide bonds. The number of nitrogens with zero attached hydrogens (tertiary/aromatic N) is 3. The van der Waals surface area contributed by atoms with E-state index in [1.54, 1.807) is 6.20 Å². The van der Waals surface area contributed by atoms with Gasteiger partial charge < -0.3 is 8.98 Å². The van der Waals surface area contributed by atoms with Gasteiger partial charge in [-0.2, -0.15) is 0 Å². The molecule has 0 aliphatic carbocycles. The average Bonchev–Trinajstić information content (AvgIpc) is 3.69. The van der Waals surface area contributed by atoms with Crippen molar-refractivity contribution >= 4 is 43.8 Å². The van der Waals surface area contributed by atoms with Crippen molar-refractivity contribution in [2.45, 2.75) is 0 Å². The molecule has 0 bridgehead atoms. The lowest BCUT2D eigenvalue weighted by Gasteiger charge is -2.13. The van der Waals surface area contributed by atoms with Crippen molar-refractivity contribution in [2.24, 2.45) is 0 Å². The van der Waals surface area contributed by atoms with Crippen molar-refractivity contribution in [1.29, 1.82) is 0 Å². The topological polar surface area (TPSA) is 43.9 Å². The molecular formula is C40H25N3O. The highest BCUT2D eigenvalue weighted by atomic mass is 16.3. The van der Waals surface area contributed by atoms with Crippen LogP contribution < -0.4 is 0 Å². The molecule has 0 aliphatic rings. The van der Waals surface area contributed by atoms with Crippen LogP contribution in [0, 0.1) is 0 Å². The Kier molecular flexibility index (Phi) is 5.47. The Morgan fingerprint density at radius 1 is 0.477 bits per heavy atom. The molecule has 44 heavy (non-hydrogen) atoms. The number of oxazole rings is 1. The highest BCUT2D eigenvalue weighted by Gasteiger charge is 2.17. The summed E-state index contributed by atoms with van der Waals surface area (Å²) in [4.78, 5) is 9.62. The molecule has 0 saturated carbocycles. The Morgan fingerprint density at radius 2 is 1.11 bits per heavy atom. The highest BCUT2D eigenvalue weighted by Crippen LogP contribution is 2.37. The molecule has 4 heteroatoms. The van der Waals surface area contributed by atoms with E-state index in [-0.39, 0.29) is 0 Å². The maximum absolute atomic E-state index is 6.42. The monoisotopic (exact) mass is 563 g/mol. The number of hydrogen-bond acceptors (Lipinski definition) is 3. The zero-order chi connectivity index (χ0) is 29.0. The van der Waals surface area contributed by atoms with Gasteiger partial charge in [-0.05, 0) is 70.8 Å². The number of pyridine rings is 1. The van der Waals surface area contributed by atoms with Crippen LogP contribution in [0.4, 0.5) is 0 Å². The summed E-state index contributed by atoms with van der Waals surface area (Å²) in [7, 11) is 0. The van der Waals surface area contributed by atoms with Gasteiger partial charge in [0.05, 0.1) is 16.6 Å². The van der Waals surface area contributed by atoms with Gasteiger partial charge in [0.2, 0.25) is 5.89 Å². The summed E-state index contributed by atoms with van der Waals surface area (Å²) >= 11 is 0. The molecule has 3 heterocycles. The fraction of sp³-hybridized carbons (Fsp3) is 0. The summed E-state index contributed by atoms with van der Waals surface area (Å²) in [6.07, 6.45) is 1.80. The van der Waals surface area contributed by atoms with E-state index < -0.39 is 0 Å². The van der Waals surface area contributed by atoms with Crippen molar-refractivity contribution < 1.29 is 4.42 Å². The molecule has 0 unspecified atom stereocenters. The SMILES string of the molecule is c1ccc(-c2ccc(-c3cc(-c4nc5c(ccc6cccnc65)o4)cc(-n4c5ccccc5c5ccccc54)c3)cc2)cc1. The van der Waals surface area contributed by atoms with Crippen LogP contribution in [0.1, 0.15) is 0 Å². The van der Waals surface area contributed by atoms with Crippen molar-refractivity contribution in [2.75, 3.05) is 0 Å². The molecule has 9 aromatic rings. The van der Waals surface area contributed by atoms with E-state index in [0.717, 1.165) is 55.4 Å². The van der Waals surface area contributed by atoms with Crippen LogP contribution in [0.2, 0.25) is 0 Å². The second-order valence-corrected chi connectivity index (χ2v) is 11.1. The van der Waals surface area contributed by atoms with Gasteiger partial charge in [0, 0.05) is 33.6 Å². The zero-order valence-corrected chi connectivity index (χ0v) is 23.7. The van der Waals surface area contributed by atoms with Gasteiger partial charge in [0.1, 0.15) is 5.52 Å². The summed E-state index contributed by atoms with van der Waals surface area (Å²) in [5.41, 5.74) is 11.2. The number of rotatable bonds is 4. The molecule has 3 aromatic heterocycles. The van der Waals surface area contributed by atoms with E-state index in [1.165, 1.54) is 21.9 Å². The zero-order valence-electron chi connectivity index (χ0n) is 23.7. The Morgan fingerprint density at radius 3 is 1.86 bits per heavy atom. The molecule has 0 saturated heterocycles. The van der Waals surface area contributed by atoms with Crippen molar-refractivity contribution in [3.63, 3.8) is 0 Å². The van der Waals surface area contributed by atoms with Gasteiger partial charge in [-0.3, -0.25) is 4.98 Å². The molecule has 6 aromatic carbocycles. The Hall–Kier alpha value is -6.00. The predicted octanol–water partition coefficient (Wildman–Crippen LogP) is 10.5. The minimum Gasteiger partial charge on any atom is -0.436 e. The van der Waals surface area contributed by atoms with Crippen LogP contribution in [0.15, 0.2) is 156 Å². The summed E-state index contributed by atoms with van der Waals surface area (Å²) in [6.45, 7) is 0. The Bertz CT molecular complexity index is 2430. The van der Waals surface area contributed by atoms with Crippen molar-refractivity contribution in [1.82, 2.24) is 14.5 Å². The van der Waals surface area contributed by atoms with E-state index in [4.69, 9.17) is 9.40 Å². The van der Waals surface area contributed by atoms with Crippen molar-refractivity contribution in [3.05, 3.63) is 152 Å². The van der Waals surface area contributed by atoms with Crippen LogP contribution in [0.3, 0.4) is 0 Å². The van der Waals surface area contributed by atoms with E-state index in [2.05, 4.69) is 131 Å². The van der Waals surface area contributed by atoms with E-state index in [0.29, 0.717) is 5.89 Å². The molecule has 4 nitrogen and oxygen atoms in total. The van der Waals surface area contributed by atoms with Gasteiger partial charge in [-0.15, -0.1) is 0 Å². The quantitative estimate of drug-likeness (QED) is 0.214. The largest absolute Gasteiger partial charge is 0.436 e. The van der Waals surface area contributed by atoms with Crippen LogP contribution in [-0.2, 0) is 0 Å². The lowest BCUT2D eigenvalue weighted by molar-refractivity contribution is 0.620. The summed E-state index contributed by atoms with van der Waals surface area (Å²) < 4.78 is 8.76. The standard InChI is InChI=1S/C40H25N3O/c1-2-9-26(10-3-1)27-16-18-28(19-17-27)30-23-31(40-42-39-37(44-40)21-20-29-11-8-22-41-38(29)39)25-32(24-30)43-35-14-6-4-12-33(35)34-13-5-7-15-36(34)43/h1-25H. The van der Waals surface area contributed by atoms with Gasteiger partial charge in [-0.25, -0.2) is 4.98 Å². The van der Waals surface area contributed by atoms with E-state index >= 15 is 0 Å².